The van der Waals surface area contributed by atoms with Crippen LogP contribution in [0.1, 0.15) is 16.1 Å². The molecule has 0 saturated heterocycles. The van der Waals surface area contributed by atoms with Crippen LogP contribution in [0.4, 0.5) is 5.82 Å². The first-order valence-corrected chi connectivity index (χ1v) is 6.66. The number of rotatable bonds is 5. The Morgan fingerprint density at radius 3 is 2.79 bits per heavy atom. The lowest BCUT2D eigenvalue weighted by Gasteiger charge is -2.05. The lowest BCUT2D eigenvalue weighted by atomic mass is 10.3. The summed E-state index contributed by atoms with van der Waals surface area (Å²) in [5.74, 6) is 0.183. The van der Waals surface area contributed by atoms with E-state index in [1.54, 1.807) is 30.5 Å². The van der Waals surface area contributed by atoms with Gasteiger partial charge in [0.25, 0.3) is 5.91 Å². The second-order valence-electron chi connectivity index (χ2n) is 3.75. The number of hydrogen-bond acceptors (Lipinski definition) is 4. The second kappa shape index (κ2) is 6.65. The number of carbonyl (C=O) groups is 2. The molecule has 0 unspecified atom stereocenters. The summed E-state index contributed by atoms with van der Waals surface area (Å²) < 4.78 is 0. The predicted octanol–water partition coefficient (Wildman–Crippen LogP) is 1.90. The lowest BCUT2D eigenvalue weighted by molar-refractivity contribution is -0.116. The zero-order chi connectivity index (χ0) is 13.5. The fraction of sp³-hybridized carbons (Fsp3) is 0.154. The third kappa shape index (κ3) is 4.18. The highest BCUT2D eigenvalue weighted by Crippen LogP contribution is 2.07. The molecule has 0 bridgehead atoms. The van der Waals surface area contributed by atoms with Gasteiger partial charge in [0.05, 0.1) is 4.88 Å². The van der Waals surface area contributed by atoms with Gasteiger partial charge in [0.2, 0.25) is 5.91 Å². The molecule has 2 heterocycles. The Bertz CT molecular complexity index is 540. The van der Waals surface area contributed by atoms with Gasteiger partial charge in [0.1, 0.15) is 5.82 Å². The molecule has 0 spiro atoms. The molecule has 2 rings (SSSR count). The number of carbonyl (C=O) groups excluding carboxylic acids is 2. The molecule has 0 saturated carbocycles. The molecule has 0 radical (unpaired) electrons. The number of thiophene rings is 1. The van der Waals surface area contributed by atoms with Crippen LogP contribution in [0.3, 0.4) is 0 Å². The third-order valence-electron chi connectivity index (χ3n) is 2.31. The summed E-state index contributed by atoms with van der Waals surface area (Å²) in [6.07, 6.45) is 1.82. The van der Waals surface area contributed by atoms with Gasteiger partial charge in [-0.3, -0.25) is 9.59 Å². The van der Waals surface area contributed by atoms with Gasteiger partial charge in [-0.15, -0.1) is 11.3 Å². The molecule has 2 amide bonds. The van der Waals surface area contributed by atoms with E-state index in [-0.39, 0.29) is 18.2 Å². The molecule has 0 atom stereocenters. The van der Waals surface area contributed by atoms with E-state index >= 15 is 0 Å². The van der Waals surface area contributed by atoms with Gasteiger partial charge in [0.15, 0.2) is 0 Å². The standard InChI is InChI=1S/C13H13N3O2S/c17-12(16-11-5-1-2-7-14-11)6-8-15-13(18)10-4-3-9-19-10/h1-5,7,9H,6,8H2,(H,15,18)(H,14,16,17). The van der Waals surface area contributed by atoms with Crippen LogP contribution in [-0.2, 0) is 4.79 Å². The monoisotopic (exact) mass is 275 g/mol. The SMILES string of the molecule is O=C(CCNC(=O)c1cccs1)Nc1ccccn1. The number of hydrogen-bond donors (Lipinski definition) is 2. The van der Waals surface area contributed by atoms with Gasteiger partial charge >= 0.3 is 0 Å². The smallest absolute Gasteiger partial charge is 0.261 e. The summed E-state index contributed by atoms with van der Waals surface area (Å²) >= 11 is 1.37. The van der Waals surface area contributed by atoms with Crippen LogP contribution in [0.25, 0.3) is 0 Å². The van der Waals surface area contributed by atoms with E-state index in [0.29, 0.717) is 17.2 Å². The van der Waals surface area contributed by atoms with Crippen molar-refractivity contribution < 1.29 is 9.59 Å². The van der Waals surface area contributed by atoms with Crippen LogP contribution in [0.2, 0.25) is 0 Å². The van der Waals surface area contributed by atoms with Crippen molar-refractivity contribution in [1.82, 2.24) is 10.3 Å². The molecule has 0 aliphatic carbocycles. The minimum Gasteiger partial charge on any atom is -0.351 e. The molecule has 2 aromatic rings. The van der Waals surface area contributed by atoms with E-state index in [9.17, 15) is 9.59 Å². The Balaban J connectivity index is 1.71. The Morgan fingerprint density at radius 2 is 2.11 bits per heavy atom. The highest BCUT2D eigenvalue weighted by atomic mass is 32.1. The van der Waals surface area contributed by atoms with Gasteiger partial charge in [-0.1, -0.05) is 12.1 Å². The number of aromatic nitrogens is 1. The lowest BCUT2D eigenvalue weighted by Crippen LogP contribution is -2.27. The third-order valence-corrected chi connectivity index (χ3v) is 3.18. The van der Waals surface area contributed by atoms with E-state index < -0.39 is 0 Å². The molecule has 0 fully saturated rings. The molecule has 0 aromatic carbocycles. The van der Waals surface area contributed by atoms with Gasteiger partial charge in [-0.25, -0.2) is 4.98 Å². The Kier molecular flexibility index (Phi) is 4.63. The fourth-order valence-corrected chi connectivity index (χ4v) is 2.07. The summed E-state index contributed by atoms with van der Waals surface area (Å²) in [6, 6.07) is 8.83. The maximum absolute atomic E-state index is 11.6. The summed E-state index contributed by atoms with van der Waals surface area (Å²) in [6.45, 7) is 0.301. The fourth-order valence-electron chi connectivity index (χ4n) is 1.43. The highest BCUT2D eigenvalue weighted by molar-refractivity contribution is 7.12. The molecule has 0 aliphatic rings. The van der Waals surface area contributed by atoms with Gasteiger partial charge in [-0.05, 0) is 23.6 Å². The van der Waals surface area contributed by atoms with Crippen molar-refractivity contribution in [2.75, 3.05) is 11.9 Å². The summed E-state index contributed by atoms with van der Waals surface area (Å²) in [4.78, 5) is 27.8. The number of amides is 2. The number of pyridine rings is 1. The second-order valence-corrected chi connectivity index (χ2v) is 4.69. The number of nitrogens with zero attached hydrogens (tertiary/aromatic N) is 1. The van der Waals surface area contributed by atoms with Crippen LogP contribution in [0.5, 0.6) is 0 Å². The maximum atomic E-state index is 11.6. The van der Waals surface area contributed by atoms with Crippen molar-refractivity contribution in [3.8, 4) is 0 Å². The van der Waals surface area contributed by atoms with E-state index in [0.717, 1.165) is 0 Å². The minimum atomic E-state index is -0.176. The Morgan fingerprint density at radius 1 is 1.21 bits per heavy atom. The average molecular weight is 275 g/mol. The van der Waals surface area contributed by atoms with Crippen LogP contribution in [0.15, 0.2) is 41.9 Å². The molecule has 0 aliphatic heterocycles. The first-order valence-electron chi connectivity index (χ1n) is 5.78. The molecular weight excluding hydrogens is 262 g/mol. The molecule has 6 heteroatoms. The Hall–Kier alpha value is -2.21. The molecular formula is C13H13N3O2S. The number of anilines is 1. The van der Waals surface area contributed by atoms with E-state index in [1.165, 1.54) is 11.3 Å². The average Bonchev–Trinajstić information content (AvgIpc) is 2.93. The minimum absolute atomic E-state index is 0.152. The van der Waals surface area contributed by atoms with E-state index in [4.69, 9.17) is 0 Å². The summed E-state index contributed by atoms with van der Waals surface area (Å²) in [5, 5.41) is 7.18. The maximum Gasteiger partial charge on any atom is 0.261 e. The quantitative estimate of drug-likeness (QED) is 0.875. The zero-order valence-corrected chi connectivity index (χ0v) is 10.9. The van der Waals surface area contributed by atoms with Crippen molar-refractivity contribution in [3.05, 3.63) is 46.8 Å². The molecule has 19 heavy (non-hydrogen) atoms. The van der Waals surface area contributed by atoms with Crippen molar-refractivity contribution in [3.63, 3.8) is 0 Å². The van der Waals surface area contributed by atoms with Crippen LogP contribution in [-0.4, -0.2) is 23.3 Å². The first kappa shape index (κ1) is 13.2. The zero-order valence-electron chi connectivity index (χ0n) is 10.1. The Labute approximate surface area is 114 Å². The topological polar surface area (TPSA) is 71.1 Å². The van der Waals surface area contributed by atoms with Crippen LogP contribution in [0, 0.1) is 0 Å². The van der Waals surface area contributed by atoms with Gasteiger partial charge in [0, 0.05) is 19.2 Å². The molecule has 2 N–H and O–H groups in total. The molecule has 2 aromatic heterocycles. The summed E-state index contributed by atoms with van der Waals surface area (Å²) in [7, 11) is 0. The predicted molar refractivity (Wildman–Crippen MR) is 74.1 cm³/mol. The van der Waals surface area contributed by atoms with E-state index in [1.807, 2.05) is 11.4 Å². The normalized spacial score (nSPS) is 9.89. The van der Waals surface area contributed by atoms with Crippen LogP contribution < -0.4 is 10.6 Å². The largest absolute Gasteiger partial charge is 0.351 e. The summed E-state index contributed by atoms with van der Waals surface area (Å²) in [5.41, 5.74) is 0. The molecule has 5 nitrogen and oxygen atoms in total. The highest BCUT2D eigenvalue weighted by Gasteiger charge is 2.07. The van der Waals surface area contributed by atoms with Crippen molar-refractivity contribution >= 4 is 29.0 Å². The van der Waals surface area contributed by atoms with E-state index in [2.05, 4.69) is 15.6 Å². The van der Waals surface area contributed by atoms with Crippen molar-refractivity contribution in [1.29, 1.82) is 0 Å². The van der Waals surface area contributed by atoms with Crippen molar-refractivity contribution in [2.24, 2.45) is 0 Å². The van der Waals surface area contributed by atoms with Gasteiger partial charge < -0.3 is 10.6 Å². The molecule has 98 valence electrons. The first-order chi connectivity index (χ1) is 9.25. The van der Waals surface area contributed by atoms with Crippen molar-refractivity contribution in [2.45, 2.75) is 6.42 Å². The van der Waals surface area contributed by atoms with Crippen LogP contribution >= 0.6 is 11.3 Å². The number of nitrogens with one attached hydrogen (secondary N) is 2. The van der Waals surface area contributed by atoms with Gasteiger partial charge in [-0.2, -0.15) is 0 Å².